The van der Waals surface area contributed by atoms with E-state index in [1.807, 2.05) is 91.0 Å². The van der Waals surface area contributed by atoms with Gasteiger partial charge in [-0.2, -0.15) is 0 Å². The van der Waals surface area contributed by atoms with Crippen molar-refractivity contribution < 1.29 is 9.63 Å². The summed E-state index contributed by atoms with van der Waals surface area (Å²) in [5.41, 5.74) is 4.73. The van der Waals surface area contributed by atoms with Crippen molar-refractivity contribution in [2.24, 2.45) is 0 Å². The number of amides is 1. The van der Waals surface area contributed by atoms with Gasteiger partial charge in [-0.3, -0.25) is 9.63 Å². The number of hydrogen-bond donors (Lipinski definition) is 1. The van der Waals surface area contributed by atoms with Gasteiger partial charge in [0.05, 0.1) is 0 Å². The molecular weight excluding hydrogens is 370 g/mol. The van der Waals surface area contributed by atoms with Crippen molar-refractivity contribution in [3.8, 4) is 0 Å². The van der Waals surface area contributed by atoms with Crippen molar-refractivity contribution in [3.63, 3.8) is 0 Å². The SMILES string of the molecule is CCCCCCCC(=O)NOC(c1ccccc1)(c1ccccc1)c1ccccc1. The molecule has 156 valence electrons. The number of carbonyl (C=O) groups is 1. The molecule has 1 N–H and O–H groups in total. The molecule has 3 aromatic rings. The molecule has 0 aliphatic heterocycles. The second-order valence-corrected chi connectivity index (χ2v) is 7.57. The third kappa shape index (κ3) is 5.37. The van der Waals surface area contributed by atoms with Crippen LogP contribution in [0.5, 0.6) is 0 Å². The van der Waals surface area contributed by atoms with E-state index in [-0.39, 0.29) is 5.91 Å². The van der Waals surface area contributed by atoms with Crippen molar-refractivity contribution >= 4 is 5.91 Å². The number of unbranched alkanes of at least 4 members (excludes halogenated alkanes) is 4. The predicted octanol–water partition coefficient (Wildman–Crippen LogP) is 6.39. The van der Waals surface area contributed by atoms with E-state index in [1.54, 1.807) is 0 Å². The molecule has 1 amide bonds. The Labute approximate surface area is 180 Å². The summed E-state index contributed by atoms with van der Waals surface area (Å²) < 4.78 is 0. The molecule has 0 spiro atoms. The van der Waals surface area contributed by atoms with Crippen LogP contribution < -0.4 is 5.48 Å². The highest BCUT2D eigenvalue weighted by molar-refractivity contribution is 5.74. The van der Waals surface area contributed by atoms with E-state index in [4.69, 9.17) is 4.84 Å². The lowest BCUT2D eigenvalue weighted by Gasteiger charge is -2.35. The van der Waals surface area contributed by atoms with Crippen LogP contribution in [0.15, 0.2) is 91.0 Å². The van der Waals surface area contributed by atoms with Crippen molar-refractivity contribution in [2.75, 3.05) is 0 Å². The van der Waals surface area contributed by atoms with Crippen LogP contribution in [-0.2, 0) is 15.2 Å². The zero-order valence-corrected chi connectivity index (χ0v) is 17.7. The summed E-state index contributed by atoms with van der Waals surface area (Å²) in [6.45, 7) is 2.19. The van der Waals surface area contributed by atoms with E-state index in [2.05, 4.69) is 12.4 Å². The lowest BCUT2D eigenvalue weighted by atomic mass is 9.80. The summed E-state index contributed by atoms with van der Waals surface area (Å²) in [6.07, 6.45) is 6.01. The first-order chi connectivity index (χ1) is 14.8. The molecule has 0 atom stereocenters. The molecule has 0 heterocycles. The molecule has 3 heteroatoms. The Balaban J connectivity index is 1.89. The monoisotopic (exact) mass is 401 g/mol. The standard InChI is InChI=1S/C27H31NO2/c1-2-3-4-5-15-22-26(29)28-30-27(23-16-9-6-10-17-23,24-18-11-7-12-19-24)25-20-13-8-14-21-25/h6-14,16-21H,2-5,15,22H2,1H3,(H,28,29). The van der Waals surface area contributed by atoms with Crippen LogP contribution in [0.4, 0.5) is 0 Å². The van der Waals surface area contributed by atoms with E-state index in [1.165, 1.54) is 19.3 Å². The molecular formula is C27H31NO2. The van der Waals surface area contributed by atoms with E-state index in [0.29, 0.717) is 6.42 Å². The number of benzene rings is 3. The van der Waals surface area contributed by atoms with E-state index < -0.39 is 5.60 Å². The van der Waals surface area contributed by atoms with Gasteiger partial charge in [-0.25, -0.2) is 5.48 Å². The normalized spacial score (nSPS) is 11.2. The van der Waals surface area contributed by atoms with Crippen LogP contribution in [0.2, 0.25) is 0 Å². The van der Waals surface area contributed by atoms with Crippen LogP contribution in [0.1, 0.15) is 62.1 Å². The number of carbonyl (C=O) groups excluding carboxylic acids is 1. The molecule has 0 fully saturated rings. The summed E-state index contributed by atoms with van der Waals surface area (Å²) in [5.74, 6) is -0.0846. The third-order valence-corrected chi connectivity index (χ3v) is 5.37. The molecule has 0 aromatic heterocycles. The fourth-order valence-corrected chi connectivity index (χ4v) is 3.77. The Kier molecular flexibility index (Phi) is 8.22. The topological polar surface area (TPSA) is 38.3 Å². The maximum atomic E-state index is 12.6. The van der Waals surface area contributed by atoms with E-state index in [9.17, 15) is 4.79 Å². The lowest BCUT2D eigenvalue weighted by Crippen LogP contribution is -2.40. The first-order valence-corrected chi connectivity index (χ1v) is 10.9. The Morgan fingerprint density at radius 2 is 1.13 bits per heavy atom. The minimum absolute atomic E-state index is 0.0846. The van der Waals surface area contributed by atoms with Gasteiger partial charge >= 0.3 is 0 Å². The van der Waals surface area contributed by atoms with Crippen LogP contribution >= 0.6 is 0 Å². The van der Waals surface area contributed by atoms with Gasteiger partial charge in [0.1, 0.15) is 0 Å². The van der Waals surface area contributed by atoms with Gasteiger partial charge in [-0.15, -0.1) is 0 Å². The zero-order valence-electron chi connectivity index (χ0n) is 17.7. The van der Waals surface area contributed by atoms with Gasteiger partial charge in [0.25, 0.3) is 0 Å². The van der Waals surface area contributed by atoms with Gasteiger partial charge in [0.2, 0.25) is 5.91 Å². The highest BCUT2D eigenvalue weighted by atomic mass is 16.7. The van der Waals surface area contributed by atoms with Gasteiger partial charge in [0.15, 0.2) is 5.60 Å². The van der Waals surface area contributed by atoms with Crippen molar-refractivity contribution in [1.29, 1.82) is 0 Å². The average Bonchev–Trinajstić information content (AvgIpc) is 2.81. The van der Waals surface area contributed by atoms with Gasteiger partial charge in [-0.05, 0) is 23.1 Å². The fraction of sp³-hybridized carbons (Fsp3) is 0.296. The van der Waals surface area contributed by atoms with Gasteiger partial charge < -0.3 is 0 Å². The predicted molar refractivity (Wildman–Crippen MR) is 122 cm³/mol. The lowest BCUT2D eigenvalue weighted by molar-refractivity contribution is -0.143. The number of nitrogens with one attached hydrogen (secondary N) is 1. The van der Waals surface area contributed by atoms with Crippen molar-refractivity contribution in [1.82, 2.24) is 5.48 Å². The molecule has 3 rings (SSSR count). The molecule has 30 heavy (non-hydrogen) atoms. The van der Waals surface area contributed by atoms with Crippen molar-refractivity contribution in [3.05, 3.63) is 108 Å². The van der Waals surface area contributed by atoms with Crippen molar-refractivity contribution in [2.45, 2.75) is 51.0 Å². The smallest absolute Gasteiger partial charge is 0.243 e. The summed E-state index contributed by atoms with van der Waals surface area (Å²) in [5, 5.41) is 0. The Morgan fingerprint density at radius 3 is 1.57 bits per heavy atom. The molecule has 0 unspecified atom stereocenters. The molecule has 0 radical (unpaired) electrons. The summed E-state index contributed by atoms with van der Waals surface area (Å²) in [4.78, 5) is 18.9. The van der Waals surface area contributed by atoms with Gasteiger partial charge in [-0.1, -0.05) is 124 Å². The first kappa shape index (κ1) is 21.8. The number of hydroxylamine groups is 1. The second kappa shape index (κ2) is 11.3. The van der Waals surface area contributed by atoms with Gasteiger partial charge in [0, 0.05) is 6.42 Å². The molecule has 0 saturated carbocycles. The molecule has 0 aliphatic rings. The zero-order chi connectivity index (χ0) is 21.1. The Morgan fingerprint density at radius 1 is 0.700 bits per heavy atom. The summed E-state index contributed by atoms with van der Waals surface area (Å²) >= 11 is 0. The highest BCUT2D eigenvalue weighted by Crippen LogP contribution is 2.39. The molecule has 0 aliphatic carbocycles. The maximum absolute atomic E-state index is 12.6. The van der Waals surface area contributed by atoms with E-state index >= 15 is 0 Å². The molecule has 0 bridgehead atoms. The molecule has 3 aromatic carbocycles. The summed E-state index contributed by atoms with van der Waals surface area (Å²) in [6, 6.07) is 30.2. The van der Waals surface area contributed by atoms with Crippen LogP contribution in [-0.4, -0.2) is 5.91 Å². The number of rotatable bonds is 11. The van der Waals surface area contributed by atoms with Crippen LogP contribution in [0.25, 0.3) is 0 Å². The largest absolute Gasteiger partial charge is 0.273 e. The van der Waals surface area contributed by atoms with Crippen LogP contribution in [0.3, 0.4) is 0 Å². The Bertz CT molecular complexity index is 782. The van der Waals surface area contributed by atoms with E-state index in [0.717, 1.165) is 29.5 Å². The first-order valence-electron chi connectivity index (χ1n) is 10.9. The van der Waals surface area contributed by atoms with Crippen LogP contribution in [0, 0.1) is 0 Å². The quantitative estimate of drug-likeness (QED) is 0.230. The minimum Gasteiger partial charge on any atom is -0.273 e. The third-order valence-electron chi connectivity index (χ3n) is 5.37. The summed E-state index contributed by atoms with van der Waals surface area (Å²) in [7, 11) is 0. The fourth-order valence-electron chi connectivity index (χ4n) is 3.77. The maximum Gasteiger partial charge on any atom is 0.243 e. The highest BCUT2D eigenvalue weighted by Gasteiger charge is 2.38. The minimum atomic E-state index is -0.929. The molecule has 3 nitrogen and oxygen atoms in total. The second-order valence-electron chi connectivity index (χ2n) is 7.57. The Hall–Kier alpha value is -2.91. The average molecular weight is 402 g/mol. The molecule has 0 saturated heterocycles. The number of hydrogen-bond acceptors (Lipinski definition) is 2.